The van der Waals surface area contributed by atoms with Crippen LogP contribution in [-0.2, 0) is 14.3 Å². The average Bonchev–Trinajstić information content (AvgIpc) is 3.08. The minimum atomic E-state index is -0.554. The van der Waals surface area contributed by atoms with E-state index in [0.29, 0.717) is 6.61 Å². The molecule has 0 spiro atoms. The number of esters is 1. The molecule has 0 aromatic carbocycles. The van der Waals surface area contributed by atoms with Gasteiger partial charge in [-0.25, -0.2) is 4.79 Å². The van der Waals surface area contributed by atoms with Crippen LogP contribution in [0.5, 0.6) is 0 Å². The Kier molecular flexibility index (Phi) is 5.97. The molecule has 0 unspecified atom stereocenters. The molecule has 2 aliphatic rings. The fourth-order valence-corrected chi connectivity index (χ4v) is 3.21. The predicted molar refractivity (Wildman–Crippen MR) is 86.6 cm³/mol. The van der Waals surface area contributed by atoms with Gasteiger partial charge in [-0.05, 0) is 26.3 Å². The van der Waals surface area contributed by atoms with Crippen molar-refractivity contribution < 1.29 is 19.2 Å². The van der Waals surface area contributed by atoms with Crippen molar-refractivity contribution in [1.29, 1.82) is 5.26 Å². The number of ether oxygens (including phenoxy) is 2. The molecular weight excluding hydrogens is 292 g/mol. The molecule has 23 heavy (non-hydrogen) atoms. The second-order valence-corrected chi connectivity index (χ2v) is 6.47. The Morgan fingerprint density at radius 3 is 2.70 bits per heavy atom. The van der Waals surface area contributed by atoms with Crippen molar-refractivity contribution in [1.82, 2.24) is 0 Å². The number of hydrogen-bond acceptors (Lipinski definition) is 4. The lowest BCUT2D eigenvalue weighted by Gasteiger charge is -2.36. The van der Waals surface area contributed by atoms with Crippen molar-refractivity contribution in [2.75, 3.05) is 26.3 Å². The number of nitriles is 1. The summed E-state index contributed by atoms with van der Waals surface area (Å²) in [5.74, 6) is -0.554. The number of carbonyl (C=O) groups is 1. The summed E-state index contributed by atoms with van der Waals surface area (Å²) in [6.07, 6.45) is 5.93. The van der Waals surface area contributed by atoms with Crippen LogP contribution < -0.4 is 4.90 Å². The molecule has 0 radical (unpaired) electrons. The van der Waals surface area contributed by atoms with E-state index in [1.54, 1.807) is 13.0 Å². The first kappa shape index (κ1) is 17.7. The molecule has 2 rings (SSSR count). The topological polar surface area (TPSA) is 63.8 Å². The molecule has 126 valence electrons. The highest BCUT2D eigenvalue weighted by molar-refractivity contribution is 5.93. The fourth-order valence-electron chi connectivity index (χ4n) is 3.21. The van der Waals surface area contributed by atoms with Gasteiger partial charge in [0.2, 0.25) is 0 Å². The summed E-state index contributed by atoms with van der Waals surface area (Å²) < 4.78 is 11.0. The van der Waals surface area contributed by atoms with Crippen molar-refractivity contribution in [3.8, 4) is 6.07 Å². The van der Waals surface area contributed by atoms with E-state index in [1.165, 1.54) is 23.4 Å². The second kappa shape index (κ2) is 7.76. The molecule has 0 aliphatic carbocycles. The van der Waals surface area contributed by atoms with Crippen LogP contribution in [0.2, 0.25) is 0 Å². The lowest BCUT2D eigenvalue weighted by Crippen LogP contribution is -3.08. The first-order valence-corrected chi connectivity index (χ1v) is 8.53. The average molecular weight is 319 g/mol. The molecule has 1 fully saturated rings. The molecule has 5 heteroatoms. The summed E-state index contributed by atoms with van der Waals surface area (Å²) in [5.41, 5.74) is 2.17. The maximum absolute atomic E-state index is 11.9. The predicted octanol–water partition coefficient (Wildman–Crippen LogP) is 1.52. The van der Waals surface area contributed by atoms with E-state index in [1.807, 2.05) is 6.07 Å². The van der Waals surface area contributed by atoms with Crippen molar-refractivity contribution in [2.45, 2.75) is 52.1 Å². The molecule has 0 saturated carbocycles. The van der Waals surface area contributed by atoms with Crippen LogP contribution in [0.4, 0.5) is 0 Å². The Hall–Kier alpha value is -1.64. The van der Waals surface area contributed by atoms with E-state index in [-0.39, 0.29) is 17.8 Å². The zero-order valence-corrected chi connectivity index (χ0v) is 14.4. The number of hydrogen-bond donors (Lipinski definition) is 1. The van der Waals surface area contributed by atoms with Gasteiger partial charge < -0.3 is 14.4 Å². The van der Waals surface area contributed by atoms with Gasteiger partial charge in [0, 0.05) is 18.4 Å². The first-order chi connectivity index (χ1) is 11.0. The van der Waals surface area contributed by atoms with Crippen molar-refractivity contribution in [3.63, 3.8) is 0 Å². The molecule has 0 bridgehead atoms. The normalized spacial score (nSPS) is 26.3. The Morgan fingerprint density at radius 1 is 1.43 bits per heavy atom. The highest BCUT2D eigenvalue weighted by Crippen LogP contribution is 2.30. The largest absolute Gasteiger partial charge is 0.462 e. The number of quaternary nitrogens is 1. The fraction of sp³-hybridized carbons (Fsp3) is 0.667. The van der Waals surface area contributed by atoms with E-state index in [4.69, 9.17) is 9.47 Å². The van der Waals surface area contributed by atoms with Gasteiger partial charge in [0.25, 0.3) is 0 Å². The summed E-state index contributed by atoms with van der Waals surface area (Å²) in [5, 5.41) is 9.26. The molecule has 2 heterocycles. The number of nitrogens with zero attached hydrogens (tertiary/aromatic N) is 1. The first-order valence-electron chi connectivity index (χ1n) is 8.53. The van der Waals surface area contributed by atoms with E-state index < -0.39 is 5.97 Å². The van der Waals surface area contributed by atoms with Crippen LogP contribution in [0.25, 0.3) is 0 Å². The minimum Gasteiger partial charge on any atom is -0.462 e. The monoisotopic (exact) mass is 319 g/mol. The van der Waals surface area contributed by atoms with E-state index in [9.17, 15) is 10.1 Å². The number of carbonyl (C=O) groups excluding carboxylic acids is 1. The molecular formula is C18H27N2O3+. The molecule has 0 aromatic rings. The third-order valence-corrected chi connectivity index (χ3v) is 4.83. The number of nitrogens with one attached hydrogen (secondary N) is 1. The summed E-state index contributed by atoms with van der Waals surface area (Å²) >= 11 is 0. The Labute approximate surface area is 138 Å². The minimum absolute atomic E-state index is 0.0571. The van der Waals surface area contributed by atoms with Gasteiger partial charge in [0.15, 0.2) is 0 Å². The Bertz CT molecular complexity index is 553. The standard InChI is InChI=1S/C18H26N2O3/c1-4-18(3)11-16(20-8-6-7-9-20)15(13-23-18)10-14(12-19)17(21)22-5-2/h10H,4-9,11,13H2,1-3H3/p+1/b14-10-/t18-/m0/s1. The quantitative estimate of drug-likeness (QED) is 0.474. The van der Waals surface area contributed by atoms with Crippen molar-refractivity contribution in [2.24, 2.45) is 0 Å². The summed E-state index contributed by atoms with van der Waals surface area (Å²) in [7, 11) is 0. The Morgan fingerprint density at radius 2 is 2.13 bits per heavy atom. The smallest absolute Gasteiger partial charge is 0.348 e. The summed E-state index contributed by atoms with van der Waals surface area (Å²) in [6, 6.07) is 1.97. The van der Waals surface area contributed by atoms with Crippen LogP contribution in [0.15, 0.2) is 22.9 Å². The third-order valence-electron chi connectivity index (χ3n) is 4.83. The summed E-state index contributed by atoms with van der Waals surface area (Å²) in [4.78, 5) is 13.3. The van der Waals surface area contributed by atoms with Crippen molar-refractivity contribution in [3.05, 3.63) is 22.9 Å². The molecule has 5 nitrogen and oxygen atoms in total. The maximum Gasteiger partial charge on any atom is 0.348 e. The number of rotatable bonds is 5. The SMILES string of the molecule is CCOC(=O)/C(C#N)=C\C1=C([NH+]2CCCC2)C[C@](C)(CC)OC1. The summed E-state index contributed by atoms with van der Waals surface area (Å²) in [6.45, 7) is 8.97. The van der Waals surface area contributed by atoms with Gasteiger partial charge in [0.05, 0.1) is 38.3 Å². The maximum atomic E-state index is 11.9. The van der Waals surface area contributed by atoms with Gasteiger partial charge in [-0.3, -0.25) is 0 Å². The lowest BCUT2D eigenvalue weighted by atomic mass is 9.90. The second-order valence-electron chi connectivity index (χ2n) is 6.47. The van der Waals surface area contributed by atoms with Crippen LogP contribution >= 0.6 is 0 Å². The zero-order valence-electron chi connectivity index (χ0n) is 14.4. The van der Waals surface area contributed by atoms with Crippen LogP contribution in [0.1, 0.15) is 46.5 Å². The molecule has 1 atom stereocenters. The molecule has 1 saturated heterocycles. The van der Waals surface area contributed by atoms with Crippen LogP contribution in [0.3, 0.4) is 0 Å². The van der Waals surface area contributed by atoms with Gasteiger partial charge in [-0.15, -0.1) is 0 Å². The molecule has 1 N–H and O–H groups in total. The van der Waals surface area contributed by atoms with Crippen LogP contribution in [0, 0.1) is 11.3 Å². The highest BCUT2D eigenvalue weighted by atomic mass is 16.5. The lowest BCUT2D eigenvalue weighted by molar-refractivity contribution is -0.850. The van der Waals surface area contributed by atoms with Gasteiger partial charge in [0.1, 0.15) is 17.3 Å². The van der Waals surface area contributed by atoms with Gasteiger partial charge in [-0.2, -0.15) is 5.26 Å². The molecule has 2 aliphatic heterocycles. The molecule has 0 aromatic heterocycles. The van der Waals surface area contributed by atoms with Gasteiger partial charge >= 0.3 is 5.97 Å². The zero-order chi connectivity index (χ0) is 16.9. The third kappa shape index (κ3) is 4.21. The number of likely N-dealkylation sites (tertiary alicyclic amines) is 1. The van der Waals surface area contributed by atoms with Gasteiger partial charge in [-0.1, -0.05) is 6.92 Å². The van der Waals surface area contributed by atoms with E-state index >= 15 is 0 Å². The molecule has 0 amide bonds. The van der Waals surface area contributed by atoms with Crippen LogP contribution in [-0.4, -0.2) is 37.9 Å². The van der Waals surface area contributed by atoms with E-state index in [2.05, 4.69) is 13.8 Å². The Balaban J connectivity index is 2.35. The van der Waals surface area contributed by atoms with E-state index in [0.717, 1.165) is 31.5 Å². The highest BCUT2D eigenvalue weighted by Gasteiger charge is 2.36. The van der Waals surface area contributed by atoms with Crippen molar-refractivity contribution >= 4 is 5.97 Å².